The standard InChI is InChI=1S/C24H33NO4/c1-25-18-12-13-19(25)15-21(14-18)28-23(26)16-22(17-8-4-2-5-9-17)24(27)29-20-10-6-3-7-11-20/h2,4-5,8-9,18-22H,3,6-7,10-16H2,1H3. The summed E-state index contributed by atoms with van der Waals surface area (Å²) in [5.74, 6) is -1.16. The van der Waals surface area contributed by atoms with E-state index in [1.54, 1.807) is 0 Å². The lowest BCUT2D eigenvalue weighted by molar-refractivity contribution is -0.160. The predicted octanol–water partition coefficient (Wildman–Crippen LogP) is 4.20. The second kappa shape index (κ2) is 9.29. The first-order valence-electron chi connectivity index (χ1n) is 11.3. The first-order valence-corrected chi connectivity index (χ1v) is 11.3. The number of carbonyl (C=O) groups excluding carboxylic acids is 2. The molecule has 0 N–H and O–H groups in total. The number of hydrogen-bond acceptors (Lipinski definition) is 5. The van der Waals surface area contributed by atoms with Crippen LogP contribution in [-0.2, 0) is 19.1 Å². The Balaban J connectivity index is 1.38. The number of esters is 2. The molecule has 2 heterocycles. The van der Waals surface area contributed by atoms with Crippen LogP contribution in [0.5, 0.6) is 0 Å². The molecule has 2 aliphatic heterocycles. The van der Waals surface area contributed by atoms with Gasteiger partial charge in [0, 0.05) is 12.1 Å². The van der Waals surface area contributed by atoms with Crippen molar-refractivity contribution in [1.29, 1.82) is 0 Å². The largest absolute Gasteiger partial charge is 0.462 e. The summed E-state index contributed by atoms with van der Waals surface area (Å²) in [6.45, 7) is 0. The van der Waals surface area contributed by atoms with Gasteiger partial charge in [0.25, 0.3) is 0 Å². The zero-order valence-electron chi connectivity index (χ0n) is 17.4. The molecule has 1 saturated carbocycles. The maximum atomic E-state index is 13.0. The number of rotatable bonds is 6. The summed E-state index contributed by atoms with van der Waals surface area (Å²) >= 11 is 0. The van der Waals surface area contributed by atoms with Gasteiger partial charge in [-0.25, -0.2) is 0 Å². The highest BCUT2D eigenvalue weighted by Gasteiger charge is 2.40. The number of fused-ring (bicyclic) bond motifs is 2. The third-order valence-corrected chi connectivity index (χ3v) is 7.05. The Labute approximate surface area is 173 Å². The molecule has 1 aliphatic carbocycles. The van der Waals surface area contributed by atoms with Gasteiger partial charge in [0.2, 0.25) is 0 Å². The number of benzene rings is 1. The van der Waals surface area contributed by atoms with Gasteiger partial charge in [0.1, 0.15) is 12.2 Å². The molecule has 1 aromatic carbocycles. The van der Waals surface area contributed by atoms with E-state index < -0.39 is 5.92 Å². The second-order valence-electron chi connectivity index (χ2n) is 9.00. The molecule has 0 aromatic heterocycles. The van der Waals surface area contributed by atoms with E-state index in [0.717, 1.165) is 44.1 Å². The van der Waals surface area contributed by atoms with Crippen molar-refractivity contribution in [3.63, 3.8) is 0 Å². The van der Waals surface area contributed by atoms with Crippen molar-refractivity contribution in [2.45, 2.75) is 94.4 Å². The van der Waals surface area contributed by atoms with E-state index in [1.807, 2.05) is 30.3 Å². The highest BCUT2D eigenvalue weighted by atomic mass is 16.6. The lowest BCUT2D eigenvalue weighted by atomic mass is 9.94. The van der Waals surface area contributed by atoms with Gasteiger partial charge in [-0.15, -0.1) is 0 Å². The SMILES string of the molecule is CN1C2CCC1CC(OC(=O)CC(C(=O)OC1CCCCC1)c1ccccc1)C2. The van der Waals surface area contributed by atoms with Crippen LogP contribution in [0.3, 0.4) is 0 Å². The van der Waals surface area contributed by atoms with Crippen molar-refractivity contribution in [3.05, 3.63) is 35.9 Å². The molecular weight excluding hydrogens is 366 g/mol. The normalized spacial score (nSPS) is 28.7. The van der Waals surface area contributed by atoms with E-state index >= 15 is 0 Å². The average molecular weight is 400 g/mol. The first-order chi connectivity index (χ1) is 14.1. The van der Waals surface area contributed by atoms with Gasteiger partial charge in [0.05, 0.1) is 12.3 Å². The number of carbonyl (C=O) groups is 2. The molecule has 0 amide bonds. The van der Waals surface area contributed by atoms with E-state index in [1.165, 1.54) is 19.3 Å². The summed E-state index contributed by atoms with van der Waals surface area (Å²) in [4.78, 5) is 28.2. The Kier molecular flexibility index (Phi) is 6.53. The van der Waals surface area contributed by atoms with E-state index in [2.05, 4.69) is 11.9 Å². The van der Waals surface area contributed by atoms with Crippen LogP contribution in [-0.4, -0.2) is 48.2 Å². The summed E-state index contributed by atoms with van der Waals surface area (Å²) in [7, 11) is 2.17. The maximum absolute atomic E-state index is 13.0. The van der Waals surface area contributed by atoms with Crippen LogP contribution in [0.1, 0.15) is 75.7 Å². The van der Waals surface area contributed by atoms with Gasteiger partial charge < -0.3 is 14.4 Å². The van der Waals surface area contributed by atoms with E-state index in [0.29, 0.717) is 12.1 Å². The third-order valence-electron chi connectivity index (χ3n) is 7.05. The molecule has 3 aliphatic rings. The molecule has 158 valence electrons. The quantitative estimate of drug-likeness (QED) is 0.671. The van der Waals surface area contributed by atoms with Crippen LogP contribution in [0.25, 0.3) is 0 Å². The van der Waals surface area contributed by atoms with Gasteiger partial charge in [-0.2, -0.15) is 0 Å². The number of piperidine rings is 1. The Morgan fingerprint density at radius 2 is 1.59 bits per heavy atom. The summed E-state index contributed by atoms with van der Waals surface area (Å²) < 4.78 is 11.6. The average Bonchev–Trinajstić information content (AvgIpc) is 2.94. The molecule has 3 atom stereocenters. The van der Waals surface area contributed by atoms with Crippen LogP contribution in [0.15, 0.2) is 30.3 Å². The van der Waals surface area contributed by atoms with Crippen molar-refractivity contribution in [3.8, 4) is 0 Å². The fourth-order valence-electron chi connectivity index (χ4n) is 5.31. The van der Waals surface area contributed by atoms with Crippen LogP contribution in [0.4, 0.5) is 0 Å². The topological polar surface area (TPSA) is 55.8 Å². The molecular formula is C24H33NO4. The monoisotopic (exact) mass is 399 g/mol. The lowest BCUT2D eigenvalue weighted by Crippen LogP contribution is -2.43. The first kappa shape index (κ1) is 20.4. The molecule has 3 fully saturated rings. The van der Waals surface area contributed by atoms with Crippen molar-refractivity contribution in [2.75, 3.05) is 7.05 Å². The smallest absolute Gasteiger partial charge is 0.314 e. The van der Waals surface area contributed by atoms with Crippen LogP contribution < -0.4 is 0 Å². The van der Waals surface area contributed by atoms with Gasteiger partial charge >= 0.3 is 11.9 Å². The maximum Gasteiger partial charge on any atom is 0.314 e. The second-order valence-corrected chi connectivity index (χ2v) is 9.00. The molecule has 3 unspecified atom stereocenters. The molecule has 0 spiro atoms. The molecule has 2 bridgehead atoms. The van der Waals surface area contributed by atoms with Gasteiger partial charge in [-0.3, -0.25) is 9.59 Å². The highest BCUT2D eigenvalue weighted by Crippen LogP contribution is 2.36. The molecule has 1 aromatic rings. The summed E-state index contributed by atoms with van der Waals surface area (Å²) in [5, 5.41) is 0. The summed E-state index contributed by atoms with van der Waals surface area (Å²) in [5.41, 5.74) is 0.828. The zero-order valence-corrected chi connectivity index (χ0v) is 17.4. The van der Waals surface area contributed by atoms with Gasteiger partial charge in [-0.05, 0) is 64.0 Å². The third kappa shape index (κ3) is 5.00. The Morgan fingerprint density at radius 3 is 2.24 bits per heavy atom. The molecule has 5 nitrogen and oxygen atoms in total. The van der Waals surface area contributed by atoms with Crippen molar-refractivity contribution >= 4 is 11.9 Å². The van der Waals surface area contributed by atoms with Crippen LogP contribution in [0.2, 0.25) is 0 Å². The molecule has 4 rings (SSSR count). The Morgan fingerprint density at radius 1 is 0.931 bits per heavy atom. The fraction of sp³-hybridized carbons (Fsp3) is 0.667. The van der Waals surface area contributed by atoms with Crippen molar-refractivity contribution in [2.24, 2.45) is 0 Å². The van der Waals surface area contributed by atoms with E-state index in [-0.39, 0.29) is 30.6 Å². The molecule has 5 heteroatoms. The van der Waals surface area contributed by atoms with E-state index in [9.17, 15) is 9.59 Å². The minimum Gasteiger partial charge on any atom is -0.462 e. The highest BCUT2D eigenvalue weighted by molar-refractivity contribution is 5.84. The van der Waals surface area contributed by atoms with E-state index in [4.69, 9.17) is 9.47 Å². The molecule has 29 heavy (non-hydrogen) atoms. The van der Waals surface area contributed by atoms with Crippen molar-refractivity contribution < 1.29 is 19.1 Å². The molecule has 0 radical (unpaired) electrons. The minimum atomic E-state index is -0.589. The number of hydrogen-bond donors (Lipinski definition) is 0. The van der Waals surface area contributed by atoms with Gasteiger partial charge in [0.15, 0.2) is 0 Å². The Bertz CT molecular complexity index is 686. The predicted molar refractivity (Wildman–Crippen MR) is 110 cm³/mol. The number of ether oxygens (including phenoxy) is 2. The van der Waals surface area contributed by atoms with Gasteiger partial charge in [-0.1, -0.05) is 36.8 Å². The fourth-order valence-corrected chi connectivity index (χ4v) is 5.31. The van der Waals surface area contributed by atoms with Crippen LogP contribution in [0, 0.1) is 0 Å². The minimum absolute atomic E-state index is 0.0111. The summed E-state index contributed by atoms with van der Waals surface area (Å²) in [6, 6.07) is 10.6. The molecule has 2 saturated heterocycles. The van der Waals surface area contributed by atoms with Crippen LogP contribution >= 0.6 is 0 Å². The lowest BCUT2D eigenvalue weighted by Gasteiger charge is -2.36. The summed E-state index contributed by atoms with van der Waals surface area (Å²) in [6.07, 6.45) is 9.48. The zero-order chi connectivity index (χ0) is 20.2. The number of nitrogens with zero attached hydrogens (tertiary/aromatic N) is 1. The van der Waals surface area contributed by atoms with Crippen molar-refractivity contribution in [1.82, 2.24) is 4.90 Å². The Hall–Kier alpha value is -1.88.